The highest BCUT2D eigenvalue weighted by Gasteiger charge is 2.19. The van der Waals surface area contributed by atoms with Gasteiger partial charge in [0.2, 0.25) is 5.56 Å². The molecule has 4 rings (SSSR count). The van der Waals surface area contributed by atoms with Crippen LogP contribution in [0.15, 0.2) is 77.6 Å². The number of amides is 1. The van der Waals surface area contributed by atoms with Gasteiger partial charge < -0.3 is 40.4 Å². The van der Waals surface area contributed by atoms with Crippen molar-refractivity contribution in [2.24, 2.45) is 0 Å². The third-order valence-electron chi connectivity index (χ3n) is 7.78. The number of unbranched alkanes of at least 4 members (excludes halogenated alkanes) is 6. The number of phenols is 1. The van der Waals surface area contributed by atoms with Gasteiger partial charge in [0.05, 0.1) is 31.4 Å². The predicted octanol–water partition coefficient (Wildman–Crippen LogP) is 6.03. The van der Waals surface area contributed by atoms with Crippen molar-refractivity contribution in [3.8, 4) is 17.2 Å². The van der Waals surface area contributed by atoms with E-state index < -0.39 is 18.2 Å². The fourth-order valence-corrected chi connectivity index (χ4v) is 5.43. The van der Waals surface area contributed by atoms with E-state index in [2.05, 4.69) is 15.6 Å². The number of carboxylic acid groups (broad SMARTS) is 1. The quantitative estimate of drug-likeness (QED) is 0.0740. The van der Waals surface area contributed by atoms with Crippen molar-refractivity contribution in [3.05, 3.63) is 99.8 Å². The smallest absolute Gasteiger partial charge is 0.405 e. The molecular weight excluding hydrogens is 574 g/mol. The van der Waals surface area contributed by atoms with Crippen LogP contribution >= 0.6 is 0 Å². The standard InChI is InChI=1S/C35H43N3O7/c1-44-30-18-14-25(33(38-35(42)43)24-12-8-7-9-13-24)22-31(30)45-21-11-6-4-2-3-5-10-20-36-23-29(40)26-15-17-28(39)34-27(26)16-19-32(41)37-34/h7-9,12-19,22,29,33,36,38-40H,2-6,10-11,20-21,23H2,1H3,(H,37,41)(H,42,43)/t29-,33?/m0/s1. The van der Waals surface area contributed by atoms with E-state index in [4.69, 9.17) is 9.47 Å². The van der Waals surface area contributed by atoms with Gasteiger partial charge in [-0.1, -0.05) is 74.6 Å². The summed E-state index contributed by atoms with van der Waals surface area (Å²) in [6.07, 6.45) is 5.59. The van der Waals surface area contributed by atoms with Crippen LogP contribution in [0.3, 0.4) is 0 Å². The Morgan fingerprint density at radius 2 is 1.60 bits per heavy atom. The lowest BCUT2D eigenvalue weighted by atomic mass is 9.98. The van der Waals surface area contributed by atoms with E-state index >= 15 is 0 Å². The van der Waals surface area contributed by atoms with E-state index in [9.17, 15) is 24.9 Å². The first-order valence-corrected chi connectivity index (χ1v) is 15.5. The molecule has 0 spiro atoms. The summed E-state index contributed by atoms with van der Waals surface area (Å²) >= 11 is 0. The summed E-state index contributed by atoms with van der Waals surface area (Å²) in [5.74, 6) is 1.18. The van der Waals surface area contributed by atoms with Crippen molar-refractivity contribution in [1.82, 2.24) is 15.6 Å². The van der Waals surface area contributed by atoms with Crippen LogP contribution < -0.4 is 25.7 Å². The molecule has 10 nitrogen and oxygen atoms in total. The summed E-state index contributed by atoms with van der Waals surface area (Å²) in [6.45, 7) is 1.72. The van der Waals surface area contributed by atoms with Gasteiger partial charge in [-0.25, -0.2) is 4.79 Å². The second kappa shape index (κ2) is 17.1. The van der Waals surface area contributed by atoms with Gasteiger partial charge in [0.1, 0.15) is 5.75 Å². The Labute approximate surface area is 263 Å². The maximum Gasteiger partial charge on any atom is 0.405 e. The maximum atomic E-state index is 11.6. The Hall–Kier alpha value is -4.54. The van der Waals surface area contributed by atoms with Crippen LogP contribution in [0.5, 0.6) is 17.2 Å². The van der Waals surface area contributed by atoms with Crippen molar-refractivity contribution in [1.29, 1.82) is 0 Å². The number of methoxy groups -OCH3 is 1. The van der Waals surface area contributed by atoms with Gasteiger partial charge in [0.15, 0.2) is 11.5 Å². The Morgan fingerprint density at radius 3 is 2.33 bits per heavy atom. The molecule has 0 fully saturated rings. The summed E-state index contributed by atoms with van der Waals surface area (Å²) in [5, 5.41) is 36.6. The van der Waals surface area contributed by atoms with E-state index in [0.717, 1.165) is 62.6 Å². The predicted molar refractivity (Wildman–Crippen MR) is 174 cm³/mol. The zero-order valence-electron chi connectivity index (χ0n) is 25.6. The van der Waals surface area contributed by atoms with Crippen molar-refractivity contribution < 1.29 is 29.6 Å². The van der Waals surface area contributed by atoms with E-state index in [1.54, 1.807) is 25.3 Å². The van der Waals surface area contributed by atoms with Crippen LogP contribution in [0, 0.1) is 0 Å². The number of phenolic OH excluding ortho intramolecular Hbond substituents is 1. The van der Waals surface area contributed by atoms with Gasteiger partial charge in [0.25, 0.3) is 0 Å². The molecule has 0 saturated heterocycles. The van der Waals surface area contributed by atoms with E-state index in [1.165, 1.54) is 12.1 Å². The fourth-order valence-electron chi connectivity index (χ4n) is 5.43. The number of aliphatic hydroxyl groups excluding tert-OH is 1. The molecule has 10 heteroatoms. The number of benzene rings is 3. The number of hydrogen-bond acceptors (Lipinski definition) is 7. The first-order chi connectivity index (χ1) is 21.9. The third-order valence-corrected chi connectivity index (χ3v) is 7.78. The summed E-state index contributed by atoms with van der Waals surface area (Å²) in [5.41, 5.74) is 2.31. The van der Waals surface area contributed by atoms with Gasteiger partial charge in [-0.2, -0.15) is 0 Å². The molecule has 1 amide bonds. The summed E-state index contributed by atoms with van der Waals surface area (Å²) in [7, 11) is 1.59. The van der Waals surface area contributed by atoms with Crippen molar-refractivity contribution >= 4 is 17.0 Å². The molecular formula is C35H43N3O7. The largest absolute Gasteiger partial charge is 0.506 e. The average molecular weight is 618 g/mol. The average Bonchev–Trinajstić information content (AvgIpc) is 3.04. The number of pyridine rings is 1. The monoisotopic (exact) mass is 617 g/mol. The molecule has 45 heavy (non-hydrogen) atoms. The number of H-pyrrole nitrogens is 1. The second-order valence-corrected chi connectivity index (χ2v) is 11.0. The molecule has 2 atom stereocenters. The molecule has 1 heterocycles. The second-order valence-electron chi connectivity index (χ2n) is 11.0. The minimum atomic E-state index is -1.10. The number of aromatic nitrogens is 1. The molecule has 6 N–H and O–H groups in total. The number of carbonyl (C=O) groups is 1. The van der Waals surface area contributed by atoms with Crippen molar-refractivity contribution in [2.75, 3.05) is 26.8 Å². The molecule has 0 aliphatic rings. The van der Waals surface area contributed by atoms with Gasteiger partial charge in [-0.15, -0.1) is 0 Å². The van der Waals surface area contributed by atoms with Crippen LogP contribution in [-0.4, -0.2) is 53.2 Å². The van der Waals surface area contributed by atoms with Crippen LogP contribution in [-0.2, 0) is 0 Å². The Morgan fingerprint density at radius 1 is 0.867 bits per heavy atom. The lowest BCUT2D eigenvalue weighted by Crippen LogP contribution is -2.27. The molecule has 4 aromatic rings. The Kier molecular flexibility index (Phi) is 12.7. The Bertz CT molecular complexity index is 1580. The lowest BCUT2D eigenvalue weighted by Gasteiger charge is -2.20. The number of aromatic hydroxyl groups is 1. The molecule has 0 bridgehead atoms. The van der Waals surface area contributed by atoms with E-state index in [-0.39, 0.29) is 11.3 Å². The van der Waals surface area contributed by atoms with E-state index in [1.807, 2.05) is 42.5 Å². The van der Waals surface area contributed by atoms with Gasteiger partial charge in [-0.3, -0.25) is 4.79 Å². The molecule has 0 radical (unpaired) electrons. The maximum absolute atomic E-state index is 11.6. The zero-order chi connectivity index (χ0) is 32.0. The van der Waals surface area contributed by atoms with E-state index in [0.29, 0.717) is 41.1 Å². The highest BCUT2D eigenvalue weighted by Crippen LogP contribution is 2.33. The minimum absolute atomic E-state index is 0.0193. The molecule has 1 aromatic heterocycles. The van der Waals surface area contributed by atoms with Crippen LogP contribution in [0.4, 0.5) is 4.79 Å². The third kappa shape index (κ3) is 9.72. The normalized spacial score (nSPS) is 12.5. The highest BCUT2D eigenvalue weighted by atomic mass is 16.5. The van der Waals surface area contributed by atoms with Gasteiger partial charge in [-0.05, 0) is 60.3 Å². The fraction of sp³-hybridized carbons (Fsp3) is 0.371. The SMILES string of the molecule is COc1ccc(C(NC(=O)O)c2ccccc2)cc1OCCCCCCCCCNC[C@H](O)c1ccc(O)c2[nH]c(=O)ccc12. The van der Waals surface area contributed by atoms with Crippen LogP contribution in [0.1, 0.15) is 73.8 Å². The van der Waals surface area contributed by atoms with Gasteiger partial charge >= 0.3 is 6.09 Å². The number of aliphatic hydroxyl groups is 1. The first-order valence-electron chi connectivity index (χ1n) is 15.5. The number of rotatable bonds is 18. The van der Waals surface area contributed by atoms with Gasteiger partial charge in [0, 0.05) is 18.0 Å². The molecule has 1 unspecified atom stereocenters. The lowest BCUT2D eigenvalue weighted by molar-refractivity contribution is 0.176. The van der Waals surface area contributed by atoms with Crippen molar-refractivity contribution in [3.63, 3.8) is 0 Å². The zero-order valence-corrected chi connectivity index (χ0v) is 25.6. The molecule has 0 saturated carbocycles. The highest BCUT2D eigenvalue weighted by molar-refractivity contribution is 5.87. The van der Waals surface area contributed by atoms with Crippen LogP contribution in [0.2, 0.25) is 0 Å². The topological polar surface area (TPSA) is 153 Å². The van der Waals surface area contributed by atoms with Crippen molar-refractivity contribution in [2.45, 2.75) is 57.1 Å². The molecule has 0 aliphatic heterocycles. The number of fused-ring (bicyclic) bond motifs is 1. The molecule has 240 valence electrons. The summed E-state index contributed by atoms with van der Waals surface area (Å²) in [6, 6.07) is 20.6. The van der Waals surface area contributed by atoms with Crippen LogP contribution in [0.25, 0.3) is 10.9 Å². The number of ether oxygens (including phenoxy) is 2. The number of aromatic amines is 1. The minimum Gasteiger partial charge on any atom is -0.506 e. The first kappa shape index (κ1) is 33.4. The molecule has 3 aromatic carbocycles. The number of nitrogens with one attached hydrogen (secondary N) is 3. The summed E-state index contributed by atoms with van der Waals surface area (Å²) < 4.78 is 11.5. The number of hydrogen-bond donors (Lipinski definition) is 6. The Balaban J connectivity index is 1.11. The molecule has 0 aliphatic carbocycles. The summed E-state index contributed by atoms with van der Waals surface area (Å²) in [4.78, 5) is 25.7.